The lowest BCUT2D eigenvalue weighted by atomic mass is 10.2. The molecule has 0 radical (unpaired) electrons. The fourth-order valence-corrected chi connectivity index (χ4v) is 2.70. The summed E-state index contributed by atoms with van der Waals surface area (Å²) >= 11 is 0. The van der Waals surface area contributed by atoms with Gasteiger partial charge in [0.05, 0.1) is 30.8 Å². The number of ether oxygens (including phenoxy) is 3. The minimum atomic E-state index is -0.471. The van der Waals surface area contributed by atoms with E-state index >= 15 is 0 Å². The lowest BCUT2D eigenvalue weighted by molar-refractivity contribution is 0.0601. The van der Waals surface area contributed by atoms with Crippen LogP contribution >= 0.6 is 0 Å². The van der Waals surface area contributed by atoms with Gasteiger partial charge < -0.3 is 24.8 Å². The minimum Gasteiger partial charge on any atom is -0.465 e. The average Bonchev–Trinajstić information content (AvgIpc) is 3.22. The number of esters is 1. The molecule has 29 heavy (non-hydrogen) atoms. The molecule has 1 amide bonds. The van der Waals surface area contributed by atoms with E-state index in [1.54, 1.807) is 42.5 Å². The Bertz CT molecular complexity index is 1070. The van der Waals surface area contributed by atoms with Crippen LogP contribution in [0.4, 0.5) is 17.2 Å². The lowest BCUT2D eigenvalue weighted by Gasteiger charge is -2.10. The number of hydrogen-bond donors (Lipinski definition) is 2. The molecule has 0 unspecified atom stereocenters. The third kappa shape index (κ3) is 3.93. The molecular weight excluding hydrogens is 376 g/mol. The van der Waals surface area contributed by atoms with E-state index in [2.05, 4.69) is 20.6 Å². The van der Waals surface area contributed by atoms with Crippen LogP contribution in [-0.4, -0.2) is 35.7 Å². The summed E-state index contributed by atoms with van der Waals surface area (Å²) in [5.74, 6) is 0.683. The molecule has 0 bridgehead atoms. The number of nitrogens with zero attached hydrogens (tertiary/aromatic N) is 2. The van der Waals surface area contributed by atoms with Gasteiger partial charge in [0, 0.05) is 11.8 Å². The van der Waals surface area contributed by atoms with Gasteiger partial charge in [-0.25, -0.2) is 14.8 Å². The Labute approximate surface area is 165 Å². The van der Waals surface area contributed by atoms with Crippen LogP contribution in [0.15, 0.2) is 54.9 Å². The Kier molecular flexibility index (Phi) is 4.93. The zero-order valence-electron chi connectivity index (χ0n) is 15.3. The predicted octanol–water partition coefficient (Wildman–Crippen LogP) is 2.99. The second-order valence-electron chi connectivity index (χ2n) is 5.97. The summed E-state index contributed by atoms with van der Waals surface area (Å²) in [7, 11) is 1.31. The van der Waals surface area contributed by atoms with Gasteiger partial charge in [0.2, 0.25) is 6.79 Å². The molecule has 2 N–H and O–H groups in total. The number of aromatic nitrogens is 2. The van der Waals surface area contributed by atoms with Crippen LogP contribution in [0.3, 0.4) is 0 Å². The third-order valence-corrected chi connectivity index (χ3v) is 4.11. The van der Waals surface area contributed by atoms with Crippen LogP contribution in [0, 0.1) is 0 Å². The average molecular weight is 392 g/mol. The highest BCUT2D eigenvalue weighted by atomic mass is 16.7. The Morgan fingerprint density at radius 3 is 2.66 bits per heavy atom. The van der Waals surface area contributed by atoms with Crippen molar-refractivity contribution in [3.8, 4) is 11.5 Å². The maximum absolute atomic E-state index is 12.4. The number of para-hydroxylation sites is 1. The number of benzene rings is 2. The maximum atomic E-state index is 12.4. The number of rotatable bonds is 5. The molecule has 0 saturated carbocycles. The number of amides is 1. The number of carbonyl (C=O) groups is 2. The van der Waals surface area contributed by atoms with Gasteiger partial charge in [0.1, 0.15) is 11.5 Å². The molecule has 2 heterocycles. The lowest BCUT2D eigenvalue weighted by Crippen LogP contribution is -2.14. The number of hydrogen-bond acceptors (Lipinski definition) is 8. The zero-order valence-corrected chi connectivity index (χ0v) is 15.3. The molecular formula is C20H16N4O5. The Hall–Kier alpha value is -4.14. The molecule has 0 spiro atoms. The number of nitrogens with one attached hydrogen (secondary N) is 2. The van der Waals surface area contributed by atoms with Crippen LogP contribution in [0.5, 0.6) is 11.5 Å². The summed E-state index contributed by atoms with van der Waals surface area (Å²) in [6, 6.07) is 12.0. The van der Waals surface area contributed by atoms with Gasteiger partial charge in [-0.15, -0.1) is 0 Å². The van der Waals surface area contributed by atoms with Crippen molar-refractivity contribution in [2.75, 3.05) is 24.5 Å². The molecule has 2 aromatic carbocycles. The predicted molar refractivity (Wildman–Crippen MR) is 104 cm³/mol. The third-order valence-electron chi connectivity index (χ3n) is 4.11. The van der Waals surface area contributed by atoms with Crippen LogP contribution in [0.2, 0.25) is 0 Å². The van der Waals surface area contributed by atoms with Crippen LogP contribution in [0.25, 0.3) is 0 Å². The molecule has 9 heteroatoms. The summed E-state index contributed by atoms with van der Waals surface area (Å²) in [5.41, 5.74) is 1.57. The van der Waals surface area contributed by atoms with Crippen LogP contribution in [-0.2, 0) is 4.74 Å². The summed E-state index contributed by atoms with van der Waals surface area (Å²) < 4.78 is 15.3. The Morgan fingerprint density at radius 1 is 1.03 bits per heavy atom. The second kappa shape index (κ2) is 7.85. The van der Waals surface area contributed by atoms with Crippen LogP contribution in [0.1, 0.15) is 20.8 Å². The molecule has 3 aromatic rings. The first-order valence-electron chi connectivity index (χ1n) is 8.61. The first-order chi connectivity index (χ1) is 14.1. The summed E-state index contributed by atoms with van der Waals surface area (Å²) in [6.45, 7) is 0.159. The zero-order chi connectivity index (χ0) is 20.2. The van der Waals surface area contributed by atoms with Crippen molar-refractivity contribution in [1.29, 1.82) is 0 Å². The standard InChI is InChI=1S/C20H16N4O5/c1-27-20(26)13-4-2-3-5-14(13)24-18-10-21-15(9-22-18)19(25)23-12-6-7-16-17(8-12)29-11-28-16/h2-10H,11H2,1H3,(H,22,24)(H,23,25). The van der Waals surface area contributed by atoms with E-state index in [0.717, 1.165) is 0 Å². The van der Waals surface area contributed by atoms with Gasteiger partial charge >= 0.3 is 5.97 Å². The number of anilines is 3. The van der Waals surface area contributed by atoms with E-state index in [1.165, 1.54) is 19.5 Å². The van der Waals surface area contributed by atoms with Gasteiger partial charge in [0.15, 0.2) is 11.5 Å². The van der Waals surface area contributed by atoms with Gasteiger partial charge in [-0.3, -0.25) is 4.79 Å². The molecule has 1 aliphatic heterocycles. The summed E-state index contributed by atoms with van der Waals surface area (Å²) in [4.78, 5) is 32.6. The second-order valence-corrected chi connectivity index (χ2v) is 5.97. The summed E-state index contributed by atoms with van der Waals surface area (Å²) in [6.07, 6.45) is 2.74. The largest absolute Gasteiger partial charge is 0.465 e. The van der Waals surface area contributed by atoms with E-state index in [9.17, 15) is 9.59 Å². The van der Waals surface area contributed by atoms with E-state index in [4.69, 9.17) is 14.2 Å². The SMILES string of the molecule is COC(=O)c1ccccc1Nc1cnc(C(=O)Nc2ccc3c(c2)OCO3)cn1. The fraction of sp³-hybridized carbons (Fsp3) is 0.100. The smallest absolute Gasteiger partial charge is 0.339 e. The molecule has 146 valence electrons. The maximum Gasteiger partial charge on any atom is 0.339 e. The number of carbonyl (C=O) groups excluding carboxylic acids is 2. The fourth-order valence-electron chi connectivity index (χ4n) is 2.70. The number of methoxy groups -OCH3 is 1. The normalized spacial score (nSPS) is 11.6. The highest BCUT2D eigenvalue weighted by molar-refractivity contribution is 6.03. The van der Waals surface area contributed by atoms with Crippen molar-refractivity contribution in [2.24, 2.45) is 0 Å². The van der Waals surface area contributed by atoms with Gasteiger partial charge in [0.25, 0.3) is 5.91 Å². The van der Waals surface area contributed by atoms with Gasteiger partial charge in [-0.05, 0) is 24.3 Å². The number of fused-ring (bicyclic) bond motifs is 1. The monoisotopic (exact) mass is 392 g/mol. The van der Waals surface area contributed by atoms with Crippen molar-refractivity contribution >= 4 is 29.1 Å². The highest BCUT2D eigenvalue weighted by Gasteiger charge is 2.16. The van der Waals surface area contributed by atoms with Crippen molar-refractivity contribution in [3.05, 3.63) is 66.1 Å². The first-order valence-corrected chi connectivity index (χ1v) is 8.61. The molecule has 1 aromatic heterocycles. The topological polar surface area (TPSA) is 112 Å². The Morgan fingerprint density at radius 2 is 1.86 bits per heavy atom. The van der Waals surface area contributed by atoms with E-state index < -0.39 is 11.9 Å². The van der Waals surface area contributed by atoms with Crippen molar-refractivity contribution < 1.29 is 23.8 Å². The van der Waals surface area contributed by atoms with Crippen LogP contribution < -0.4 is 20.1 Å². The van der Waals surface area contributed by atoms with Gasteiger partial charge in [-0.2, -0.15) is 0 Å². The van der Waals surface area contributed by atoms with E-state index in [0.29, 0.717) is 34.3 Å². The van der Waals surface area contributed by atoms with Gasteiger partial charge in [-0.1, -0.05) is 12.1 Å². The molecule has 0 atom stereocenters. The van der Waals surface area contributed by atoms with Crippen molar-refractivity contribution in [3.63, 3.8) is 0 Å². The van der Waals surface area contributed by atoms with Crippen molar-refractivity contribution in [2.45, 2.75) is 0 Å². The molecule has 0 fully saturated rings. The molecule has 9 nitrogen and oxygen atoms in total. The molecule has 1 aliphatic rings. The quantitative estimate of drug-likeness (QED) is 0.638. The highest BCUT2D eigenvalue weighted by Crippen LogP contribution is 2.34. The van der Waals surface area contributed by atoms with E-state index in [1.807, 2.05) is 0 Å². The minimum absolute atomic E-state index is 0.134. The van der Waals surface area contributed by atoms with Crippen molar-refractivity contribution in [1.82, 2.24) is 9.97 Å². The first kappa shape index (κ1) is 18.2. The molecule has 0 saturated heterocycles. The van der Waals surface area contributed by atoms with E-state index in [-0.39, 0.29) is 12.5 Å². The molecule has 4 rings (SSSR count). The summed E-state index contributed by atoms with van der Waals surface area (Å²) in [5, 5.41) is 5.73. The Balaban J connectivity index is 1.45. The molecule has 0 aliphatic carbocycles.